The molecule has 0 heterocycles. The van der Waals surface area contributed by atoms with Crippen molar-refractivity contribution in [3.8, 4) is 11.5 Å². The number of carbonyl (C=O) groups excluding carboxylic acids is 4. The molecular weight excluding hydrogens is 534 g/mol. The van der Waals surface area contributed by atoms with Gasteiger partial charge in [-0.05, 0) is 83.4 Å². The first kappa shape index (κ1) is 35.7. The molecule has 1 aromatic carbocycles. The minimum Gasteiger partial charge on any atom is -0.458 e. The van der Waals surface area contributed by atoms with E-state index in [1.165, 1.54) is 12.1 Å². The van der Waals surface area contributed by atoms with E-state index in [1.54, 1.807) is 40.7 Å². The molecule has 11 heteroatoms. The van der Waals surface area contributed by atoms with Crippen molar-refractivity contribution in [2.45, 2.75) is 99.8 Å². The van der Waals surface area contributed by atoms with Crippen LogP contribution in [0, 0.1) is 17.3 Å². The van der Waals surface area contributed by atoms with Gasteiger partial charge in [0, 0.05) is 0 Å². The van der Waals surface area contributed by atoms with Gasteiger partial charge in [-0.15, -0.1) is 0 Å². The Kier molecular flexibility index (Phi) is 14.6. The van der Waals surface area contributed by atoms with Crippen molar-refractivity contribution in [2.75, 3.05) is 13.2 Å². The van der Waals surface area contributed by atoms with Crippen molar-refractivity contribution in [1.29, 1.82) is 0 Å². The van der Waals surface area contributed by atoms with E-state index in [2.05, 4.69) is 0 Å². The molecule has 0 aliphatic rings. The fourth-order valence-corrected chi connectivity index (χ4v) is 2.98. The highest BCUT2D eigenvalue weighted by molar-refractivity contribution is 5.77. The third-order valence-corrected chi connectivity index (χ3v) is 5.85. The summed E-state index contributed by atoms with van der Waals surface area (Å²) in [5.41, 5.74) is 5.89. The van der Waals surface area contributed by atoms with Crippen LogP contribution in [0.3, 0.4) is 0 Å². The van der Waals surface area contributed by atoms with Gasteiger partial charge in [0.05, 0.1) is 18.6 Å². The molecule has 41 heavy (non-hydrogen) atoms. The van der Waals surface area contributed by atoms with E-state index in [-0.39, 0.29) is 31.1 Å². The molecule has 2 N–H and O–H groups in total. The molecule has 1 rings (SSSR count). The van der Waals surface area contributed by atoms with Crippen molar-refractivity contribution in [1.82, 2.24) is 0 Å². The van der Waals surface area contributed by atoms with Gasteiger partial charge in [-0.3, -0.25) is 9.59 Å². The number of hydrogen-bond acceptors (Lipinski definition) is 11. The van der Waals surface area contributed by atoms with Gasteiger partial charge in [0.1, 0.15) is 18.2 Å². The molecule has 0 aliphatic carbocycles. The zero-order valence-corrected chi connectivity index (χ0v) is 25.8. The Morgan fingerprint density at radius 3 is 1.73 bits per heavy atom. The third-order valence-electron chi connectivity index (χ3n) is 5.85. The van der Waals surface area contributed by atoms with Crippen LogP contribution in [0.2, 0.25) is 0 Å². The van der Waals surface area contributed by atoms with Crippen molar-refractivity contribution in [3.05, 3.63) is 23.8 Å². The molecule has 0 saturated carbocycles. The number of carbonyl (C=O) groups is 4. The van der Waals surface area contributed by atoms with E-state index in [0.717, 1.165) is 0 Å². The van der Waals surface area contributed by atoms with Crippen LogP contribution in [0.4, 0.5) is 9.59 Å². The molecule has 232 valence electrons. The molecule has 0 saturated heterocycles. The zero-order valence-electron chi connectivity index (χ0n) is 25.8. The predicted molar refractivity (Wildman–Crippen MR) is 152 cm³/mol. The summed E-state index contributed by atoms with van der Waals surface area (Å²) in [6.07, 6.45) is -2.04. The quantitative estimate of drug-likeness (QED) is 0.166. The van der Waals surface area contributed by atoms with E-state index in [9.17, 15) is 19.2 Å². The second-order valence-corrected chi connectivity index (χ2v) is 11.9. The second kappa shape index (κ2) is 16.8. The molecule has 3 atom stereocenters. The summed E-state index contributed by atoms with van der Waals surface area (Å²) in [6, 6.07) is 3.31. The van der Waals surface area contributed by atoms with Crippen molar-refractivity contribution in [3.63, 3.8) is 0 Å². The Morgan fingerprint density at radius 2 is 1.24 bits per heavy atom. The summed E-state index contributed by atoms with van der Waals surface area (Å²) < 4.78 is 31.6. The summed E-state index contributed by atoms with van der Waals surface area (Å²) in [5.74, 6) is -0.637. The van der Waals surface area contributed by atoms with E-state index in [1.807, 2.05) is 27.7 Å². The number of ether oxygens (including phenoxy) is 6. The smallest absolute Gasteiger partial charge is 0.458 e. The number of benzene rings is 1. The maximum Gasteiger partial charge on any atom is 0.513 e. The molecule has 1 unspecified atom stereocenters. The molecule has 0 fully saturated rings. The molecular formula is C30H47NO10. The fourth-order valence-electron chi connectivity index (χ4n) is 2.98. The predicted octanol–water partition coefficient (Wildman–Crippen LogP) is 5.59. The monoisotopic (exact) mass is 581 g/mol. The van der Waals surface area contributed by atoms with E-state index in [4.69, 9.17) is 34.2 Å². The Hall–Kier alpha value is -3.34. The summed E-state index contributed by atoms with van der Waals surface area (Å²) >= 11 is 0. The van der Waals surface area contributed by atoms with E-state index < -0.39 is 47.9 Å². The first-order valence-electron chi connectivity index (χ1n) is 14.0. The fraction of sp³-hybridized carbons (Fsp3) is 0.667. The molecule has 0 aromatic heterocycles. The molecule has 0 amide bonds. The number of rotatable bonds is 14. The first-order chi connectivity index (χ1) is 19.0. The normalized spacial score (nSPS) is 13.7. The lowest BCUT2D eigenvalue weighted by Crippen LogP contribution is -2.40. The summed E-state index contributed by atoms with van der Waals surface area (Å²) in [5, 5.41) is 0. The molecule has 0 bridgehead atoms. The van der Waals surface area contributed by atoms with Crippen LogP contribution in [-0.2, 0) is 35.0 Å². The van der Waals surface area contributed by atoms with Crippen molar-refractivity contribution >= 4 is 24.2 Å². The number of esters is 2. The van der Waals surface area contributed by atoms with Gasteiger partial charge in [-0.1, -0.05) is 33.8 Å². The highest BCUT2D eigenvalue weighted by Crippen LogP contribution is 2.30. The standard InChI is InChI=1S/C30H47NO10/c1-18(2)12-14-36-28(34)40-24-11-10-22(17-25(24)41-29(35)37-15-13-19(3)4)16-23(31)26(32)38-20(5)21(6)39-27(33)30(7,8)9/h10-11,17-21,23H,12-16,31H2,1-9H3/t20-,21?,23-/m0/s1. The highest BCUT2D eigenvalue weighted by atomic mass is 16.7. The molecule has 0 radical (unpaired) electrons. The number of nitrogens with two attached hydrogens (primary N) is 1. The average Bonchev–Trinajstić information content (AvgIpc) is 2.84. The van der Waals surface area contributed by atoms with E-state index in [0.29, 0.717) is 30.2 Å². The Morgan fingerprint density at radius 1 is 0.756 bits per heavy atom. The van der Waals surface area contributed by atoms with E-state index >= 15 is 0 Å². The Bertz CT molecular complexity index is 1020. The highest BCUT2D eigenvalue weighted by Gasteiger charge is 2.29. The summed E-state index contributed by atoms with van der Waals surface area (Å²) in [4.78, 5) is 49.3. The lowest BCUT2D eigenvalue weighted by molar-refractivity contribution is -0.171. The van der Waals surface area contributed by atoms with Gasteiger partial charge in [0.15, 0.2) is 11.5 Å². The van der Waals surface area contributed by atoms with Crippen LogP contribution in [0.1, 0.15) is 80.7 Å². The zero-order chi connectivity index (χ0) is 31.3. The third kappa shape index (κ3) is 14.2. The van der Waals surface area contributed by atoms with Crippen molar-refractivity contribution in [2.24, 2.45) is 23.0 Å². The maximum atomic E-state index is 12.7. The topological polar surface area (TPSA) is 150 Å². The Balaban J connectivity index is 2.94. The lowest BCUT2D eigenvalue weighted by Gasteiger charge is -2.25. The van der Waals surface area contributed by atoms with Crippen molar-refractivity contribution < 1.29 is 47.6 Å². The van der Waals surface area contributed by atoms with Crippen LogP contribution in [-0.4, -0.2) is 55.7 Å². The van der Waals surface area contributed by atoms with Gasteiger partial charge in [-0.2, -0.15) is 0 Å². The van der Waals surface area contributed by atoms with Crippen LogP contribution in [0.5, 0.6) is 11.5 Å². The molecule has 1 aromatic rings. The second-order valence-electron chi connectivity index (χ2n) is 11.9. The van der Waals surface area contributed by atoms with Gasteiger partial charge in [0.25, 0.3) is 0 Å². The summed E-state index contributed by atoms with van der Waals surface area (Å²) in [6.45, 7) is 16.7. The first-order valence-corrected chi connectivity index (χ1v) is 14.0. The van der Waals surface area contributed by atoms with Crippen LogP contribution in [0.15, 0.2) is 18.2 Å². The molecule has 11 nitrogen and oxygen atoms in total. The largest absolute Gasteiger partial charge is 0.513 e. The average molecular weight is 582 g/mol. The molecule has 0 spiro atoms. The van der Waals surface area contributed by atoms with Crippen LogP contribution in [0.25, 0.3) is 0 Å². The van der Waals surface area contributed by atoms with Gasteiger partial charge in [0.2, 0.25) is 0 Å². The van der Waals surface area contributed by atoms with Gasteiger partial charge in [-0.25, -0.2) is 9.59 Å². The van der Waals surface area contributed by atoms with Crippen LogP contribution < -0.4 is 15.2 Å². The number of hydrogen-bond donors (Lipinski definition) is 1. The minimum absolute atomic E-state index is 0.0135. The summed E-state index contributed by atoms with van der Waals surface area (Å²) in [7, 11) is 0. The van der Waals surface area contributed by atoms with Gasteiger partial charge < -0.3 is 34.2 Å². The van der Waals surface area contributed by atoms with Gasteiger partial charge >= 0.3 is 24.2 Å². The Labute approximate surface area is 243 Å². The molecule has 0 aliphatic heterocycles. The maximum absolute atomic E-state index is 12.7. The van der Waals surface area contributed by atoms with Crippen LogP contribution >= 0.6 is 0 Å². The minimum atomic E-state index is -1.08. The SMILES string of the molecule is CC(C)CCOC(=O)Oc1ccc(C[C@H](N)C(=O)O[C@@H](C)C(C)OC(=O)C(C)(C)C)cc1OC(=O)OCCC(C)C. The lowest BCUT2D eigenvalue weighted by atomic mass is 9.97.